The van der Waals surface area contributed by atoms with E-state index in [2.05, 4.69) is 17.4 Å². The number of hydrogen-bond donors (Lipinski definition) is 3. The molecular weight excluding hydrogens is 238 g/mol. The van der Waals surface area contributed by atoms with Crippen LogP contribution in [0.15, 0.2) is 35.5 Å². The molecule has 1 rings (SSSR count). The van der Waals surface area contributed by atoms with Crippen LogP contribution in [0.2, 0.25) is 0 Å². The van der Waals surface area contributed by atoms with Gasteiger partial charge in [-0.15, -0.1) is 0 Å². The van der Waals surface area contributed by atoms with Gasteiger partial charge in [0.2, 0.25) is 0 Å². The predicted octanol–water partition coefficient (Wildman–Crippen LogP) is 2.69. The molecule has 1 aromatic rings. The first kappa shape index (κ1) is 15.5. The molecule has 0 aliphatic heterocycles. The van der Waals surface area contributed by atoms with Crippen molar-refractivity contribution in [2.75, 3.05) is 13.1 Å². The number of oxime groups is 1. The van der Waals surface area contributed by atoms with Crippen LogP contribution in [-0.4, -0.2) is 24.1 Å². The molecule has 106 valence electrons. The lowest BCUT2D eigenvalue weighted by Crippen LogP contribution is -2.32. The molecule has 0 aliphatic carbocycles. The van der Waals surface area contributed by atoms with Gasteiger partial charge in [0.25, 0.3) is 0 Å². The Balaban J connectivity index is 2.44. The van der Waals surface area contributed by atoms with Crippen molar-refractivity contribution >= 4 is 5.84 Å². The van der Waals surface area contributed by atoms with E-state index in [9.17, 15) is 0 Å². The molecule has 0 radical (unpaired) electrons. The zero-order valence-electron chi connectivity index (χ0n) is 11.7. The smallest absolute Gasteiger partial charge is 0.147 e. The lowest BCUT2D eigenvalue weighted by atomic mass is 9.98. The third kappa shape index (κ3) is 5.75. The van der Waals surface area contributed by atoms with Crippen LogP contribution >= 0.6 is 0 Å². The van der Waals surface area contributed by atoms with Gasteiger partial charge in [0, 0.05) is 6.54 Å². The summed E-state index contributed by atoms with van der Waals surface area (Å²) in [7, 11) is 0. The molecule has 1 aromatic carbocycles. The van der Waals surface area contributed by atoms with E-state index in [4.69, 9.17) is 10.9 Å². The van der Waals surface area contributed by atoms with Gasteiger partial charge in [0.05, 0.1) is 5.92 Å². The van der Waals surface area contributed by atoms with E-state index in [1.165, 1.54) is 25.7 Å². The molecule has 19 heavy (non-hydrogen) atoms. The lowest BCUT2D eigenvalue weighted by molar-refractivity contribution is 0.315. The molecule has 0 saturated carbocycles. The second kappa shape index (κ2) is 9.39. The summed E-state index contributed by atoms with van der Waals surface area (Å²) in [5.74, 6) is 0.185. The van der Waals surface area contributed by atoms with Gasteiger partial charge in [-0.2, -0.15) is 0 Å². The van der Waals surface area contributed by atoms with Crippen molar-refractivity contribution in [1.29, 1.82) is 0 Å². The zero-order chi connectivity index (χ0) is 13.9. The molecule has 0 fully saturated rings. The Morgan fingerprint density at radius 1 is 1.26 bits per heavy atom. The quantitative estimate of drug-likeness (QED) is 0.211. The Labute approximate surface area is 115 Å². The highest BCUT2D eigenvalue weighted by molar-refractivity contribution is 5.87. The van der Waals surface area contributed by atoms with Crippen molar-refractivity contribution in [3.05, 3.63) is 35.9 Å². The Kier molecular flexibility index (Phi) is 7.66. The molecule has 0 saturated heterocycles. The fourth-order valence-electron chi connectivity index (χ4n) is 2.07. The first-order valence-electron chi connectivity index (χ1n) is 7.02. The van der Waals surface area contributed by atoms with Crippen molar-refractivity contribution in [2.45, 2.75) is 38.5 Å². The van der Waals surface area contributed by atoms with Gasteiger partial charge in [0.1, 0.15) is 5.84 Å². The number of unbranched alkanes of at least 4 members (excludes halogenated alkanes) is 3. The molecule has 0 heterocycles. The summed E-state index contributed by atoms with van der Waals surface area (Å²) < 4.78 is 0. The lowest BCUT2D eigenvalue weighted by Gasteiger charge is -2.16. The fraction of sp³-hybridized carbons (Fsp3) is 0.533. The molecule has 1 unspecified atom stereocenters. The highest BCUT2D eigenvalue weighted by Crippen LogP contribution is 2.14. The Morgan fingerprint density at radius 2 is 2.00 bits per heavy atom. The largest absolute Gasteiger partial charge is 0.409 e. The minimum Gasteiger partial charge on any atom is -0.409 e. The highest BCUT2D eigenvalue weighted by atomic mass is 16.4. The average Bonchev–Trinajstić information content (AvgIpc) is 2.47. The topological polar surface area (TPSA) is 70.6 Å². The van der Waals surface area contributed by atoms with Gasteiger partial charge < -0.3 is 16.3 Å². The second-order valence-corrected chi connectivity index (χ2v) is 4.75. The van der Waals surface area contributed by atoms with Crippen LogP contribution in [0.1, 0.15) is 44.1 Å². The third-order valence-corrected chi connectivity index (χ3v) is 3.23. The van der Waals surface area contributed by atoms with Gasteiger partial charge in [-0.25, -0.2) is 0 Å². The summed E-state index contributed by atoms with van der Waals surface area (Å²) >= 11 is 0. The normalized spacial score (nSPS) is 13.4. The molecule has 0 aromatic heterocycles. The summed E-state index contributed by atoms with van der Waals surface area (Å²) in [5.41, 5.74) is 6.84. The number of amidine groups is 1. The Morgan fingerprint density at radius 3 is 2.63 bits per heavy atom. The Hall–Kier alpha value is -1.55. The maximum absolute atomic E-state index is 8.87. The molecule has 4 N–H and O–H groups in total. The number of benzene rings is 1. The van der Waals surface area contributed by atoms with Gasteiger partial charge in [-0.05, 0) is 18.5 Å². The minimum atomic E-state index is -0.0719. The highest BCUT2D eigenvalue weighted by Gasteiger charge is 2.15. The maximum atomic E-state index is 8.87. The number of nitrogens with zero attached hydrogens (tertiary/aromatic N) is 1. The third-order valence-electron chi connectivity index (χ3n) is 3.23. The first-order chi connectivity index (χ1) is 9.29. The van der Waals surface area contributed by atoms with Crippen molar-refractivity contribution in [3.63, 3.8) is 0 Å². The molecule has 0 spiro atoms. The van der Waals surface area contributed by atoms with Gasteiger partial charge >= 0.3 is 0 Å². The molecule has 0 bridgehead atoms. The SMILES string of the molecule is CCCCCCNCC(C(N)=NO)c1ccccc1. The summed E-state index contributed by atoms with van der Waals surface area (Å²) in [6, 6.07) is 9.90. The van der Waals surface area contributed by atoms with E-state index < -0.39 is 0 Å². The van der Waals surface area contributed by atoms with Crippen LogP contribution in [0.25, 0.3) is 0 Å². The monoisotopic (exact) mass is 263 g/mol. The van der Waals surface area contributed by atoms with E-state index in [-0.39, 0.29) is 11.8 Å². The number of hydrogen-bond acceptors (Lipinski definition) is 3. The van der Waals surface area contributed by atoms with Crippen molar-refractivity contribution in [3.8, 4) is 0 Å². The van der Waals surface area contributed by atoms with Gasteiger partial charge in [0.15, 0.2) is 0 Å². The fourth-order valence-corrected chi connectivity index (χ4v) is 2.07. The molecule has 4 heteroatoms. The van der Waals surface area contributed by atoms with Crippen LogP contribution in [0.3, 0.4) is 0 Å². The van der Waals surface area contributed by atoms with Crippen LogP contribution in [-0.2, 0) is 0 Å². The van der Waals surface area contributed by atoms with Gasteiger partial charge in [-0.3, -0.25) is 0 Å². The van der Waals surface area contributed by atoms with E-state index >= 15 is 0 Å². The van der Waals surface area contributed by atoms with Gasteiger partial charge in [-0.1, -0.05) is 61.7 Å². The molecular formula is C15H25N3O. The maximum Gasteiger partial charge on any atom is 0.147 e. The van der Waals surface area contributed by atoms with Crippen LogP contribution in [0.5, 0.6) is 0 Å². The van der Waals surface area contributed by atoms with Crippen LogP contribution in [0, 0.1) is 0 Å². The molecule has 0 aliphatic rings. The standard InChI is InChI=1S/C15H25N3O/c1-2-3-4-8-11-17-12-14(15(16)18-19)13-9-6-5-7-10-13/h5-7,9-10,14,17,19H,2-4,8,11-12H2,1H3,(H2,16,18). The summed E-state index contributed by atoms with van der Waals surface area (Å²) in [5, 5.41) is 15.4. The second-order valence-electron chi connectivity index (χ2n) is 4.75. The summed E-state index contributed by atoms with van der Waals surface area (Å²) in [4.78, 5) is 0. The minimum absolute atomic E-state index is 0.0719. The average molecular weight is 263 g/mol. The van der Waals surface area contributed by atoms with E-state index in [1.807, 2.05) is 30.3 Å². The summed E-state index contributed by atoms with van der Waals surface area (Å²) in [6.45, 7) is 3.88. The van der Waals surface area contributed by atoms with E-state index in [0.29, 0.717) is 6.54 Å². The first-order valence-corrected chi connectivity index (χ1v) is 7.02. The number of nitrogens with two attached hydrogens (primary N) is 1. The zero-order valence-corrected chi connectivity index (χ0v) is 11.7. The van der Waals surface area contributed by atoms with Crippen LogP contribution < -0.4 is 11.1 Å². The van der Waals surface area contributed by atoms with E-state index in [0.717, 1.165) is 12.1 Å². The number of rotatable bonds is 9. The van der Waals surface area contributed by atoms with E-state index in [1.54, 1.807) is 0 Å². The van der Waals surface area contributed by atoms with Crippen molar-refractivity contribution in [2.24, 2.45) is 10.9 Å². The van der Waals surface area contributed by atoms with Crippen molar-refractivity contribution in [1.82, 2.24) is 5.32 Å². The Bertz CT molecular complexity index is 365. The number of nitrogens with one attached hydrogen (secondary N) is 1. The molecule has 4 nitrogen and oxygen atoms in total. The predicted molar refractivity (Wildman–Crippen MR) is 79.6 cm³/mol. The molecule has 0 amide bonds. The van der Waals surface area contributed by atoms with Crippen LogP contribution in [0.4, 0.5) is 0 Å². The van der Waals surface area contributed by atoms with Crippen molar-refractivity contribution < 1.29 is 5.21 Å². The summed E-state index contributed by atoms with van der Waals surface area (Å²) in [6.07, 6.45) is 4.95. The molecule has 1 atom stereocenters.